The minimum absolute atomic E-state index is 0.00700. The Morgan fingerprint density at radius 2 is 1.09 bits per heavy atom. The fourth-order valence-corrected chi connectivity index (χ4v) is 5.04. The molecule has 0 aliphatic rings. The second kappa shape index (κ2) is 26.0. The third kappa shape index (κ3) is 20.2. The average molecular weight is 830 g/mol. The highest BCUT2D eigenvalue weighted by Gasteiger charge is 2.36. The molecule has 0 aliphatic heterocycles. The highest BCUT2D eigenvalue weighted by atomic mass is 16.4. The lowest BCUT2D eigenvalue weighted by Crippen LogP contribution is -2.61. The Morgan fingerprint density at radius 1 is 0.586 bits per heavy atom. The first-order valence-corrected chi connectivity index (χ1v) is 18.5. The maximum Gasteiger partial charge on any atom is 0.325 e. The molecule has 328 valence electrons. The van der Waals surface area contributed by atoms with Gasteiger partial charge in [0.25, 0.3) is 0 Å². The predicted molar refractivity (Wildman–Crippen MR) is 205 cm³/mol. The van der Waals surface area contributed by atoms with Gasteiger partial charge in [0, 0.05) is 19.4 Å². The number of guanidine groups is 1. The van der Waals surface area contributed by atoms with E-state index in [2.05, 4.69) is 36.9 Å². The zero-order chi connectivity index (χ0) is 44.9. The molecule has 0 heterocycles. The van der Waals surface area contributed by atoms with E-state index in [9.17, 15) is 53.1 Å². The van der Waals surface area contributed by atoms with Gasteiger partial charge in [0.05, 0.1) is 12.5 Å². The molecule has 0 saturated heterocycles. The van der Waals surface area contributed by atoms with E-state index in [1.165, 1.54) is 0 Å². The van der Waals surface area contributed by atoms with Crippen LogP contribution in [0.15, 0.2) is 4.99 Å². The summed E-state index contributed by atoms with van der Waals surface area (Å²) in [6.07, 6.45) is -2.06. The first-order chi connectivity index (χ1) is 26.9. The van der Waals surface area contributed by atoms with Crippen LogP contribution in [0.5, 0.6) is 0 Å². The number of aliphatic carboxylic acids is 3. The van der Waals surface area contributed by atoms with Gasteiger partial charge in [0.15, 0.2) is 5.96 Å². The van der Waals surface area contributed by atoms with Crippen molar-refractivity contribution in [1.82, 2.24) is 31.9 Å². The van der Waals surface area contributed by atoms with E-state index in [0.717, 1.165) is 6.92 Å². The summed E-state index contributed by atoms with van der Waals surface area (Å²) in [5.41, 5.74) is 21.8. The Hall–Kier alpha value is -6.07. The highest BCUT2D eigenvalue weighted by Crippen LogP contribution is 2.13. The second-order valence-electron chi connectivity index (χ2n) is 13.9. The highest BCUT2D eigenvalue weighted by molar-refractivity contribution is 5.98. The van der Waals surface area contributed by atoms with Crippen LogP contribution in [0.2, 0.25) is 0 Å². The van der Waals surface area contributed by atoms with Gasteiger partial charge in [0.1, 0.15) is 36.3 Å². The van der Waals surface area contributed by atoms with Crippen LogP contribution >= 0.6 is 0 Å². The number of hydrogen-bond donors (Lipinski definition) is 13. The van der Waals surface area contributed by atoms with Crippen LogP contribution < -0.4 is 54.8 Å². The molecule has 0 aliphatic carbocycles. The number of nitrogens with zero attached hydrogens (tertiary/aromatic N) is 1. The summed E-state index contributed by atoms with van der Waals surface area (Å²) in [6, 6.07) is -10.1. The number of carbonyl (C=O) groups is 10. The van der Waals surface area contributed by atoms with Gasteiger partial charge in [-0.2, -0.15) is 0 Å². The molecule has 0 radical (unpaired) electrons. The second-order valence-corrected chi connectivity index (χ2v) is 13.9. The number of nitrogens with two attached hydrogens (primary N) is 4. The zero-order valence-electron chi connectivity index (χ0n) is 33.2. The van der Waals surface area contributed by atoms with Gasteiger partial charge in [-0.15, -0.1) is 0 Å². The Morgan fingerprint density at radius 3 is 1.59 bits per heavy atom. The molecule has 58 heavy (non-hydrogen) atoms. The van der Waals surface area contributed by atoms with Crippen LogP contribution in [0.4, 0.5) is 0 Å². The molecule has 24 heteroatoms. The van der Waals surface area contributed by atoms with Gasteiger partial charge < -0.3 is 70.2 Å². The molecule has 7 amide bonds. The Bertz CT molecular complexity index is 1520. The van der Waals surface area contributed by atoms with Crippen molar-refractivity contribution >= 4 is 65.2 Å². The molecule has 0 fully saturated rings. The Kier molecular flexibility index (Phi) is 23.2. The van der Waals surface area contributed by atoms with Gasteiger partial charge in [-0.1, -0.05) is 34.1 Å². The van der Waals surface area contributed by atoms with Crippen molar-refractivity contribution in [3.05, 3.63) is 0 Å². The third-order valence-electron chi connectivity index (χ3n) is 8.68. The number of carbonyl (C=O) groups excluding carboxylic acids is 7. The molecular formula is C34H59N11O13. The maximum absolute atomic E-state index is 13.8. The van der Waals surface area contributed by atoms with Crippen molar-refractivity contribution < 1.29 is 63.3 Å². The lowest BCUT2D eigenvalue weighted by molar-refractivity contribution is -0.143. The number of aliphatic imine (C=N–C) groups is 1. The van der Waals surface area contributed by atoms with Gasteiger partial charge in [-0.05, 0) is 44.4 Å². The summed E-state index contributed by atoms with van der Waals surface area (Å²) in [4.78, 5) is 129. The topological polar surface area (TPSA) is 420 Å². The van der Waals surface area contributed by atoms with E-state index in [0.29, 0.717) is 6.42 Å². The van der Waals surface area contributed by atoms with E-state index in [-0.39, 0.29) is 44.6 Å². The van der Waals surface area contributed by atoms with Crippen molar-refractivity contribution in [1.29, 1.82) is 0 Å². The van der Waals surface area contributed by atoms with Crippen LogP contribution in [-0.2, 0) is 47.9 Å². The minimum Gasteiger partial charge on any atom is -0.481 e. The quantitative estimate of drug-likeness (QED) is 0.0201. The molecule has 17 N–H and O–H groups in total. The first kappa shape index (κ1) is 51.9. The van der Waals surface area contributed by atoms with E-state index < -0.39 is 126 Å². The van der Waals surface area contributed by atoms with Crippen LogP contribution in [0.1, 0.15) is 86.0 Å². The van der Waals surface area contributed by atoms with Gasteiger partial charge in [0.2, 0.25) is 41.4 Å². The standard InChI is InChI=1S/C34H59N11O13/c1-6-16(4)26(45-29(53)20(10-11-22(36)46)41-27(51)18(35)9-12-23(47)48)32(56)44-25(15(2)3)31(55)42-19(8-7-13-39-34(37)38)28(52)43-21(14-24(49)50)30(54)40-17(5)33(57)58/h15-21,25-26H,6-14,35H2,1-5H3,(H2,36,46)(H,40,54)(H,41,51)(H,42,55)(H,43,52)(H,44,56)(H,45,53)(H,47,48)(H,49,50)(H,57,58)(H4,37,38,39)/t16-,17-,18-,19-,20-,21-,25-,26-/m0/s1. The zero-order valence-corrected chi connectivity index (χ0v) is 33.2. The molecule has 0 spiro atoms. The molecule has 0 aromatic carbocycles. The molecule has 0 rings (SSSR count). The van der Waals surface area contributed by atoms with E-state index >= 15 is 0 Å². The SMILES string of the molecule is CC[C@H](C)[C@H](NC(=O)[C@H](CCC(N)=O)NC(=O)[C@@H](N)CCC(=O)O)C(=O)N[C@H](C(=O)N[C@@H](CCCN=C(N)N)C(=O)N[C@@H](CC(=O)O)C(=O)N[C@@H](C)C(=O)O)C(C)C. The van der Waals surface area contributed by atoms with E-state index in [1.54, 1.807) is 27.7 Å². The lowest BCUT2D eigenvalue weighted by Gasteiger charge is -2.30. The number of amides is 7. The number of nitrogens with one attached hydrogen (secondary N) is 6. The summed E-state index contributed by atoms with van der Waals surface area (Å²) < 4.78 is 0. The summed E-state index contributed by atoms with van der Waals surface area (Å²) in [7, 11) is 0. The smallest absolute Gasteiger partial charge is 0.325 e. The number of carboxylic acids is 3. The summed E-state index contributed by atoms with van der Waals surface area (Å²) in [6.45, 7) is 7.57. The van der Waals surface area contributed by atoms with Gasteiger partial charge in [-0.25, -0.2) is 0 Å². The first-order valence-electron chi connectivity index (χ1n) is 18.5. The molecule has 0 saturated carbocycles. The van der Waals surface area contributed by atoms with Crippen molar-refractivity contribution in [3.63, 3.8) is 0 Å². The minimum atomic E-state index is -1.76. The van der Waals surface area contributed by atoms with Crippen LogP contribution in [0, 0.1) is 11.8 Å². The third-order valence-corrected chi connectivity index (χ3v) is 8.68. The molecule has 8 atom stereocenters. The van der Waals surface area contributed by atoms with Gasteiger partial charge in [-0.3, -0.25) is 52.9 Å². The van der Waals surface area contributed by atoms with Crippen molar-refractivity contribution in [2.75, 3.05) is 6.54 Å². The number of carboxylic acid groups (broad SMARTS) is 3. The van der Waals surface area contributed by atoms with Gasteiger partial charge >= 0.3 is 17.9 Å². The summed E-state index contributed by atoms with van der Waals surface area (Å²) >= 11 is 0. The van der Waals surface area contributed by atoms with E-state index in [1.807, 2.05) is 0 Å². The van der Waals surface area contributed by atoms with Crippen molar-refractivity contribution in [3.8, 4) is 0 Å². The lowest BCUT2D eigenvalue weighted by atomic mass is 9.95. The largest absolute Gasteiger partial charge is 0.481 e. The molecule has 0 bridgehead atoms. The molecule has 24 nitrogen and oxygen atoms in total. The van der Waals surface area contributed by atoms with Crippen molar-refractivity contribution in [2.24, 2.45) is 39.8 Å². The van der Waals surface area contributed by atoms with Crippen LogP contribution in [-0.4, -0.2) is 129 Å². The normalized spacial score (nSPS) is 15.0. The molecule has 0 aromatic heterocycles. The predicted octanol–water partition coefficient (Wildman–Crippen LogP) is -4.31. The fraction of sp³-hybridized carbons (Fsp3) is 0.676. The molecule has 0 unspecified atom stereocenters. The number of hydrogen-bond acceptors (Lipinski definition) is 12. The number of rotatable bonds is 28. The van der Waals surface area contributed by atoms with E-state index in [4.69, 9.17) is 33.1 Å². The Balaban J connectivity index is 6.42. The van der Waals surface area contributed by atoms with Crippen LogP contribution in [0.3, 0.4) is 0 Å². The summed E-state index contributed by atoms with van der Waals surface area (Å²) in [5.74, 6) is -12.2. The average Bonchev–Trinajstić information content (AvgIpc) is 3.12. The van der Waals surface area contributed by atoms with Crippen LogP contribution in [0.25, 0.3) is 0 Å². The monoisotopic (exact) mass is 829 g/mol. The maximum atomic E-state index is 13.8. The fourth-order valence-electron chi connectivity index (χ4n) is 5.04. The van der Waals surface area contributed by atoms with Crippen molar-refractivity contribution in [2.45, 2.75) is 128 Å². The molecular weight excluding hydrogens is 770 g/mol. The molecule has 0 aromatic rings. The summed E-state index contributed by atoms with van der Waals surface area (Å²) in [5, 5.41) is 41.7. The Labute approximate surface area is 334 Å². The number of primary amides is 1.